The normalized spacial score (nSPS) is 10.2. The Hall–Kier alpha value is -0.250. The molecule has 3 nitrogen and oxygen atoms in total. The average Bonchev–Trinajstić information content (AvgIpc) is 1.97. The second-order valence-electron chi connectivity index (χ2n) is 1.85. The van der Waals surface area contributed by atoms with Crippen LogP contribution in [0.4, 0.5) is 0 Å². The van der Waals surface area contributed by atoms with Gasteiger partial charge in [0.2, 0.25) is 5.28 Å². The molecule has 1 aromatic rings. The third kappa shape index (κ3) is 1.50. The SMILES string of the molecule is Cn1c(Cl)nc(Cl)c(Cl)c1=O. The van der Waals surface area contributed by atoms with E-state index in [2.05, 4.69) is 4.98 Å². The van der Waals surface area contributed by atoms with Crippen molar-refractivity contribution in [2.75, 3.05) is 0 Å². The van der Waals surface area contributed by atoms with Crippen LogP contribution in [0.2, 0.25) is 15.5 Å². The van der Waals surface area contributed by atoms with Crippen LogP contribution in [0.15, 0.2) is 4.79 Å². The van der Waals surface area contributed by atoms with Gasteiger partial charge in [-0.25, -0.2) is 4.98 Å². The highest BCUT2D eigenvalue weighted by atomic mass is 35.5. The summed E-state index contributed by atoms with van der Waals surface area (Å²) in [7, 11) is 1.46. The summed E-state index contributed by atoms with van der Waals surface area (Å²) in [6.07, 6.45) is 0. The molecule has 0 saturated carbocycles. The van der Waals surface area contributed by atoms with E-state index in [1.807, 2.05) is 0 Å². The van der Waals surface area contributed by atoms with Crippen LogP contribution in [-0.4, -0.2) is 9.55 Å². The first kappa shape index (κ1) is 8.84. The molecule has 0 aromatic carbocycles. The van der Waals surface area contributed by atoms with E-state index < -0.39 is 5.56 Å². The molecule has 1 rings (SSSR count). The van der Waals surface area contributed by atoms with Gasteiger partial charge in [0, 0.05) is 7.05 Å². The number of aromatic nitrogens is 2. The van der Waals surface area contributed by atoms with Crippen molar-refractivity contribution < 1.29 is 0 Å². The Balaban J connectivity index is 3.59. The molecule has 0 radical (unpaired) electrons. The van der Waals surface area contributed by atoms with Gasteiger partial charge in [-0.3, -0.25) is 9.36 Å². The second-order valence-corrected chi connectivity index (χ2v) is 2.92. The van der Waals surface area contributed by atoms with Crippen LogP contribution in [-0.2, 0) is 7.05 Å². The lowest BCUT2D eigenvalue weighted by atomic mass is 10.6. The molecule has 0 aliphatic heterocycles. The number of halogens is 3. The lowest BCUT2D eigenvalue weighted by Crippen LogP contribution is -2.19. The van der Waals surface area contributed by atoms with Gasteiger partial charge < -0.3 is 0 Å². The Kier molecular flexibility index (Phi) is 2.42. The van der Waals surface area contributed by atoms with E-state index in [0.717, 1.165) is 4.57 Å². The highest BCUT2D eigenvalue weighted by molar-refractivity contribution is 6.41. The molecule has 0 aliphatic carbocycles. The molecule has 1 aromatic heterocycles. The number of hydrogen-bond donors (Lipinski definition) is 0. The summed E-state index contributed by atoms with van der Waals surface area (Å²) in [6, 6.07) is 0. The van der Waals surface area contributed by atoms with Gasteiger partial charge in [0.1, 0.15) is 5.02 Å². The van der Waals surface area contributed by atoms with Crippen LogP contribution in [0.5, 0.6) is 0 Å². The molecule has 0 bridgehead atoms. The quantitative estimate of drug-likeness (QED) is 0.486. The lowest BCUT2D eigenvalue weighted by molar-refractivity contribution is 0.826. The highest BCUT2D eigenvalue weighted by Crippen LogP contribution is 2.15. The van der Waals surface area contributed by atoms with Crippen LogP contribution in [0.3, 0.4) is 0 Å². The molecule has 1 heterocycles. The molecule has 0 aliphatic rings. The van der Waals surface area contributed by atoms with E-state index in [0.29, 0.717) is 0 Å². The van der Waals surface area contributed by atoms with Crippen LogP contribution >= 0.6 is 34.8 Å². The maximum atomic E-state index is 11.0. The van der Waals surface area contributed by atoms with Crippen molar-refractivity contribution in [2.45, 2.75) is 0 Å². The number of nitrogens with zero attached hydrogens (tertiary/aromatic N) is 2. The third-order valence-electron chi connectivity index (χ3n) is 1.14. The highest BCUT2D eigenvalue weighted by Gasteiger charge is 2.08. The Morgan fingerprint density at radius 3 is 2.45 bits per heavy atom. The Morgan fingerprint density at radius 1 is 1.36 bits per heavy atom. The van der Waals surface area contributed by atoms with E-state index in [1.165, 1.54) is 7.05 Å². The first-order chi connectivity index (χ1) is 5.04. The van der Waals surface area contributed by atoms with E-state index >= 15 is 0 Å². The van der Waals surface area contributed by atoms with Crippen molar-refractivity contribution in [3.63, 3.8) is 0 Å². The Labute approximate surface area is 77.5 Å². The van der Waals surface area contributed by atoms with Gasteiger partial charge in [-0.05, 0) is 11.6 Å². The summed E-state index contributed by atoms with van der Waals surface area (Å²) >= 11 is 16.4. The second kappa shape index (κ2) is 3.01. The average molecular weight is 213 g/mol. The molecule has 0 saturated heterocycles. The van der Waals surface area contributed by atoms with E-state index in [4.69, 9.17) is 34.8 Å². The molecule has 0 unspecified atom stereocenters. The lowest BCUT2D eigenvalue weighted by Gasteiger charge is -2.00. The number of rotatable bonds is 0. The summed E-state index contributed by atoms with van der Waals surface area (Å²) < 4.78 is 1.11. The fraction of sp³-hybridized carbons (Fsp3) is 0.200. The maximum Gasteiger partial charge on any atom is 0.274 e. The summed E-state index contributed by atoms with van der Waals surface area (Å²) in [6.45, 7) is 0. The van der Waals surface area contributed by atoms with E-state index in [-0.39, 0.29) is 15.5 Å². The Morgan fingerprint density at radius 2 is 1.91 bits per heavy atom. The summed E-state index contributed by atoms with van der Waals surface area (Å²) in [5.41, 5.74) is -0.448. The van der Waals surface area contributed by atoms with Crippen LogP contribution in [0.1, 0.15) is 0 Å². The Bertz CT molecular complexity index is 317. The van der Waals surface area contributed by atoms with E-state index in [1.54, 1.807) is 0 Å². The standard InChI is InChI=1S/C5H3Cl3N2O/c1-10-4(11)2(6)3(7)9-5(10)8/h1H3. The zero-order valence-corrected chi connectivity index (χ0v) is 7.70. The van der Waals surface area contributed by atoms with Gasteiger partial charge in [0.05, 0.1) is 0 Å². The van der Waals surface area contributed by atoms with Gasteiger partial charge in [-0.1, -0.05) is 23.2 Å². The van der Waals surface area contributed by atoms with Crippen molar-refractivity contribution in [1.82, 2.24) is 9.55 Å². The molecular formula is C5H3Cl3N2O. The third-order valence-corrected chi connectivity index (χ3v) is 2.19. The van der Waals surface area contributed by atoms with Gasteiger partial charge in [-0.15, -0.1) is 0 Å². The maximum absolute atomic E-state index is 11.0. The first-order valence-electron chi connectivity index (χ1n) is 2.61. The minimum atomic E-state index is -0.448. The molecule has 0 fully saturated rings. The van der Waals surface area contributed by atoms with Crippen molar-refractivity contribution in [3.8, 4) is 0 Å². The fourth-order valence-electron chi connectivity index (χ4n) is 0.524. The molecular weight excluding hydrogens is 210 g/mol. The summed E-state index contributed by atoms with van der Waals surface area (Å²) in [5, 5.41) is -0.164. The van der Waals surface area contributed by atoms with Crippen molar-refractivity contribution >= 4 is 34.8 Å². The van der Waals surface area contributed by atoms with Crippen molar-refractivity contribution in [2.24, 2.45) is 7.05 Å². The molecule has 60 valence electrons. The smallest absolute Gasteiger partial charge is 0.274 e. The summed E-state index contributed by atoms with van der Waals surface area (Å²) in [4.78, 5) is 14.6. The van der Waals surface area contributed by atoms with Gasteiger partial charge in [-0.2, -0.15) is 0 Å². The monoisotopic (exact) mass is 212 g/mol. The van der Waals surface area contributed by atoms with Gasteiger partial charge >= 0.3 is 0 Å². The zero-order chi connectivity index (χ0) is 8.59. The molecule has 0 N–H and O–H groups in total. The predicted molar refractivity (Wildman–Crippen MR) is 44.5 cm³/mol. The molecule has 11 heavy (non-hydrogen) atoms. The van der Waals surface area contributed by atoms with Crippen molar-refractivity contribution in [1.29, 1.82) is 0 Å². The van der Waals surface area contributed by atoms with Crippen molar-refractivity contribution in [3.05, 3.63) is 25.8 Å². The summed E-state index contributed by atoms with van der Waals surface area (Å²) in [5.74, 6) is 0. The minimum Gasteiger partial charge on any atom is -0.285 e. The van der Waals surface area contributed by atoms with Crippen LogP contribution in [0.25, 0.3) is 0 Å². The van der Waals surface area contributed by atoms with Gasteiger partial charge in [0.25, 0.3) is 5.56 Å². The molecule has 0 amide bonds. The first-order valence-corrected chi connectivity index (χ1v) is 3.75. The predicted octanol–water partition coefficient (Wildman–Crippen LogP) is 1.74. The largest absolute Gasteiger partial charge is 0.285 e. The van der Waals surface area contributed by atoms with Crippen LogP contribution < -0.4 is 5.56 Å². The van der Waals surface area contributed by atoms with Gasteiger partial charge in [0.15, 0.2) is 5.15 Å². The number of hydrogen-bond acceptors (Lipinski definition) is 2. The molecule has 0 spiro atoms. The minimum absolute atomic E-state index is 0.0180. The molecule has 0 atom stereocenters. The molecule has 6 heteroatoms. The fourth-order valence-corrected chi connectivity index (χ4v) is 1.06. The van der Waals surface area contributed by atoms with Crippen LogP contribution in [0, 0.1) is 0 Å². The zero-order valence-electron chi connectivity index (χ0n) is 5.44. The topological polar surface area (TPSA) is 34.9 Å². The van der Waals surface area contributed by atoms with E-state index in [9.17, 15) is 4.79 Å².